The van der Waals surface area contributed by atoms with E-state index in [1.165, 1.54) is 29.7 Å². The lowest BCUT2D eigenvalue weighted by molar-refractivity contribution is 0.0696. The van der Waals surface area contributed by atoms with Gasteiger partial charge in [0.1, 0.15) is 5.00 Å². The van der Waals surface area contributed by atoms with Gasteiger partial charge in [-0.2, -0.15) is 0 Å². The van der Waals surface area contributed by atoms with E-state index in [0.29, 0.717) is 17.5 Å². The number of anilines is 1. The average molecular weight is 411 g/mol. The van der Waals surface area contributed by atoms with Crippen molar-refractivity contribution in [1.82, 2.24) is 4.90 Å². The van der Waals surface area contributed by atoms with Gasteiger partial charge in [-0.25, -0.2) is 0 Å². The van der Waals surface area contributed by atoms with Crippen LogP contribution in [-0.2, 0) is 12.8 Å². The summed E-state index contributed by atoms with van der Waals surface area (Å²) in [5.74, 6) is 0.553. The van der Waals surface area contributed by atoms with E-state index < -0.39 is 0 Å². The highest BCUT2D eigenvalue weighted by molar-refractivity contribution is 7.17. The zero-order chi connectivity index (χ0) is 20.4. The molecule has 154 valence electrons. The van der Waals surface area contributed by atoms with Crippen LogP contribution in [0, 0.1) is 5.92 Å². The van der Waals surface area contributed by atoms with Crippen molar-refractivity contribution in [1.29, 1.82) is 0 Å². The number of rotatable bonds is 4. The molecule has 0 bridgehead atoms. The Kier molecular flexibility index (Phi) is 6.04. The summed E-state index contributed by atoms with van der Waals surface area (Å²) in [5, 5.41) is 3.80. The predicted molar refractivity (Wildman–Crippen MR) is 119 cm³/mol. The van der Waals surface area contributed by atoms with E-state index in [1.807, 2.05) is 30.1 Å². The van der Waals surface area contributed by atoms with E-state index in [9.17, 15) is 9.59 Å². The van der Waals surface area contributed by atoms with Gasteiger partial charge in [0.25, 0.3) is 11.8 Å². The molecule has 0 aliphatic heterocycles. The maximum absolute atomic E-state index is 13.6. The lowest BCUT2D eigenvalue weighted by atomic mass is 9.87. The molecular weight excluding hydrogens is 380 g/mol. The van der Waals surface area contributed by atoms with Crippen molar-refractivity contribution in [2.45, 2.75) is 64.3 Å². The van der Waals surface area contributed by atoms with E-state index in [1.54, 1.807) is 23.5 Å². The molecule has 1 heterocycles. The maximum Gasteiger partial charge on any atom is 0.257 e. The normalized spacial score (nSPS) is 19.4. The molecule has 0 radical (unpaired) electrons. The molecule has 1 aromatic carbocycles. The molecule has 0 unspecified atom stereocenters. The quantitative estimate of drug-likeness (QED) is 0.720. The number of nitrogens with zero attached hydrogens (tertiary/aromatic N) is 1. The van der Waals surface area contributed by atoms with Gasteiger partial charge in [-0.1, -0.05) is 44.4 Å². The van der Waals surface area contributed by atoms with Crippen molar-refractivity contribution < 1.29 is 9.59 Å². The molecule has 1 fully saturated rings. The lowest BCUT2D eigenvalue weighted by Gasteiger charge is -2.32. The zero-order valence-electron chi connectivity index (χ0n) is 17.4. The first kappa shape index (κ1) is 20.1. The summed E-state index contributed by atoms with van der Waals surface area (Å²) in [6.45, 7) is 2.26. The van der Waals surface area contributed by atoms with Crippen LogP contribution in [0.15, 0.2) is 30.3 Å². The molecule has 0 saturated heterocycles. The fourth-order valence-electron chi connectivity index (χ4n) is 4.64. The summed E-state index contributed by atoms with van der Waals surface area (Å²) < 4.78 is 0. The number of carbonyl (C=O) groups excluding carboxylic acids is 2. The largest absolute Gasteiger partial charge is 0.339 e. The number of amides is 2. The Hall–Kier alpha value is -2.14. The smallest absolute Gasteiger partial charge is 0.257 e. The van der Waals surface area contributed by atoms with Crippen LogP contribution in [0.1, 0.15) is 76.6 Å². The maximum atomic E-state index is 13.6. The number of hydrogen-bond donors (Lipinski definition) is 1. The van der Waals surface area contributed by atoms with Crippen LogP contribution in [0.2, 0.25) is 0 Å². The van der Waals surface area contributed by atoms with Crippen molar-refractivity contribution in [3.8, 4) is 0 Å². The van der Waals surface area contributed by atoms with Gasteiger partial charge in [-0.3, -0.25) is 9.59 Å². The van der Waals surface area contributed by atoms with Crippen LogP contribution in [0.25, 0.3) is 0 Å². The summed E-state index contributed by atoms with van der Waals surface area (Å²) in [6, 6.07) is 9.54. The standard InChI is InChI=1S/C24H30N2O2S/c1-16-13-14-19-20(15-16)29-23(25-22(27)17-9-5-3-6-10-17)21(19)24(28)26(2)18-11-7-4-8-12-18/h3,5-6,9-10,16,18H,4,7-8,11-15H2,1-2H3,(H,25,27)/t16-/m0/s1. The minimum absolute atomic E-state index is 0.0762. The van der Waals surface area contributed by atoms with Gasteiger partial charge in [0, 0.05) is 23.5 Å². The van der Waals surface area contributed by atoms with Crippen LogP contribution < -0.4 is 5.32 Å². The van der Waals surface area contributed by atoms with Crippen molar-refractivity contribution in [2.75, 3.05) is 12.4 Å². The van der Waals surface area contributed by atoms with Crippen molar-refractivity contribution >= 4 is 28.2 Å². The fourth-order valence-corrected chi connectivity index (χ4v) is 6.04. The van der Waals surface area contributed by atoms with Crippen molar-refractivity contribution in [3.05, 3.63) is 51.9 Å². The highest BCUT2D eigenvalue weighted by Gasteiger charge is 2.32. The Balaban J connectivity index is 1.65. The van der Waals surface area contributed by atoms with Gasteiger partial charge in [-0.05, 0) is 55.7 Å². The minimum atomic E-state index is -0.147. The number of thiophene rings is 1. The van der Waals surface area contributed by atoms with Crippen LogP contribution in [-0.4, -0.2) is 29.8 Å². The second-order valence-electron chi connectivity index (χ2n) is 8.58. The molecular formula is C24H30N2O2S. The summed E-state index contributed by atoms with van der Waals surface area (Å²) in [5.41, 5.74) is 2.53. The fraction of sp³-hybridized carbons (Fsp3) is 0.500. The van der Waals surface area contributed by atoms with Crippen LogP contribution in [0.3, 0.4) is 0 Å². The molecule has 1 N–H and O–H groups in total. The zero-order valence-corrected chi connectivity index (χ0v) is 18.2. The van der Waals surface area contributed by atoms with Gasteiger partial charge >= 0.3 is 0 Å². The van der Waals surface area contributed by atoms with Gasteiger partial charge in [-0.15, -0.1) is 11.3 Å². The monoisotopic (exact) mass is 410 g/mol. The summed E-state index contributed by atoms with van der Waals surface area (Å²) in [6.07, 6.45) is 8.83. The molecule has 1 aromatic heterocycles. The SMILES string of the molecule is C[C@H]1CCc2c(sc(NC(=O)c3ccccc3)c2C(=O)N(C)C2CCCCC2)C1. The highest BCUT2D eigenvalue weighted by Crippen LogP contribution is 2.41. The lowest BCUT2D eigenvalue weighted by Crippen LogP contribution is -2.39. The first-order valence-electron chi connectivity index (χ1n) is 10.8. The third kappa shape index (κ3) is 4.25. The molecule has 29 heavy (non-hydrogen) atoms. The molecule has 2 aromatic rings. The Morgan fingerprint density at radius 2 is 1.79 bits per heavy atom. The molecule has 4 rings (SSSR count). The molecule has 0 spiro atoms. The Labute approximate surface area is 177 Å². The third-order valence-electron chi connectivity index (χ3n) is 6.43. The summed E-state index contributed by atoms with van der Waals surface area (Å²) in [4.78, 5) is 29.6. The van der Waals surface area contributed by atoms with E-state index >= 15 is 0 Å². The third-order valence-corrected chi connectivity index (χ3v) is 7.60. The molecule has 2 amide bonds. The predicted octanol–water partition coefficient (Wildman–Crippen LogP) is 5.53. The van der Waals surface area contributed by atoms with Crippen LogP contribution in [0.4, 0.5) is 5.00 Å². The van der Waals surface area contributed by atoms with Crippen LogP contribution in [0.5, 0.6) is 0 Å². The van der Waals surface area contributed by atoms with Crippen molar-refractivity contribution in [2.24, 2.45) is 5.92 Å². The average Bonchev–Trinajstić information content (AvgIpc) is 3.10. The molecule has 2 aliphatic rings. The van der Waals surface area contributed by atoms with Gasteiger partial charge < -0.3 is 10.2 Å². The van der Waals surface area contributed by atoms with E-state index in [-0.39, 0.29) is 11.8 Å². The Bertz CT molecular complexity index is 884. The molecule has 1 saturated carbocycles. The molecule has 4 nitrogen and oxygen atoms in total. The number of nitrogens with one attached hydrogen (secondary N) is 1. The number of fused-ring (bicyclic) bond motifs is 1. The Morgan fingerprint density at radius 3 is 2.52 bits per heavy atom. The van der Waals surface area contributed by atoms with E-state index in [4.69, 9.17) is 0 Å². The summed E-state index contributed by atoms with van der Waals surface area (Å²) in [7, 11) is 1.94. The van der Waals surface area contributed by atoms with Gasteiger partial charge in [0.05, 0.1) is 5.56 Å². The second kappa shape index (κ2) is 8.70. The minimum Gasteiger partial charge on any atom is -0.339 e. The molecule has 1 atom stereocenters. The number of benzene rings is 1. The van der Waals surface area contributed by atoms with Crippen LogP contribution >= 0.6 is 11.3 Å². The number of hydrogen-bond acceptors (Lipinski definition) is 3. The Morgan fingerprint density at radius 1 is 1.07 bits per heavy atom. The highest BCUT2D eigenvalue weighted by atomic mass is 32.1. The van der Waals surface area contributed by atoms with E-state index in [0.717, 1.165) is 42.7 Å². The van der Waals surface area contributed by atoms with Gasteiger partial charge in [0.2, 0.25) is 0 Å². The van der Waals surface area contributed by atoms with Crippen molar-refractivity contribution in [3.63, 3.8) is 0 Å². The molecule has 5 heteroatoms. The topological polar surface area (TPSA) is 49.4 Å². The first-order chi connectivity index (χ1) is 14.0. The summed E-state index contributed by atoms with van der Waals surface area (Å²) >= 11 is 1.60. The first-order valence-corrected chi connectivity index (χ1v) is 11.6. The van der Waals surface area contributed by atoms with Gasteiger partial charge in [0.15, 0.2) is 0 Å². The molecule has 2 aliphatic carbocycles. The number of carbonyl (C=O) groups is 2. The van der Waals surface area contributed by atoms with E-state index in [2.05, 4.69) is 12.2 Å². The second-order valence-corrected chi connectivity index (χ2v) is 9.69.